The van der Waals surface area contributed by atoms with Crippen LogP contribution < -0.4 is 0 Å². The van der Waals surface area contributed by atoms with E-state index in [1.807, 2.05) is 37.4 Å². The van der Waals surface area contributed by atoms with Crippen molar-refractivity contribution in [3.05, 3.63) is 65.4 Å². The van der Waals surface area contributed by atoms with Gasteiger partial charge in [-0.05, 0) is 62.1 Å². The SMILES string of the molecule is Cc1ccc(S(=O)(=O)n2cc3c4c(cccc42)[C@@H]2C[C@@H](C)CN(C)[C@@H]2C3)cc1. The van der Waals surface area contributed by atoms with E-state index in [9.17, 15) is 8.42 Å². The van der Waals surface area contributed by atoms with Crippen LogP contribution in [0.1, 0.15) is 36.0 Å². The summed E-state index contributed by atoms with van der Waals surface area (Å²) in [4.78, 5) is 2.81. The van der Waals surface area contributed by atoms with E-state index in [1.165, 1.54) is 16.0 Å². The Morgan fingerprint density at radius 2 is 1.82 bits per heavy atom. The fraction of sp³-hybridized carbons (Fsp3) is 0.391. The molecule has 28 heavy (non-hydrogen) atoms. The maximum Gasteiger partial charge on any atom is 0.268 e. The van der Waals surface area contributed by atoms with Gasteiger partial charge in [0.2, 0.25) is 0 Å². The van der Waals surface area contributed by atoms with Gasteiger partial charge in [-0.1, -0.05) is 36.8 Å². The third kappa shape index (κ3) is 2.56. The van der Waals surface area contributed by atoms with Crippen molar-refractivity contribution >= 4 is 20.9 Å². The Labute approximate surface area is 166 Å². The van der Waals surface area contributed by atoms with Crippen LogP contribution in [0.3, 0.4) is 0 Å². The van der Waals surface area contributed by atoms with E-state index in [2.05, 4.69) is 24.9 Å². The number of hydrogen-bond donors (Lipinski definition) is 0. The third-order valence-electron chi connectivity index (χ3n) is 6.60. The van der Waals surface area contributed by atoms with E-state index in [1.54, 1.807) is 12.1 Å². The summed E-state index contributed by atoms with van der Waals surface area (Å²) in [5, 5.41) is 1.15. The molecular weight excluding hydrogens is 368 g/mol. The highest BCUT2D eigenvalue weighted by Crippen LogP contribution is 2.45. The number of fused-ring (bicyclic) bond motifs is 2. The van der Waals surface area contributed by atoms with Gasteiger partial charge in [-0.25, -0.2) is 12.4 Å². The highest BCUT2D eigenvalue weighted by atomic mass is 32.2. The molecule has 0 unspecified atom stereocenters. The quantitative estimate of drug-likeness (QED) is 0.655. The van der Waals surface area contributed by atoms with E-state index >= 15 is 0 Å². The molecule has 3 atom stereocenters. The Hall–Kier alpha value is -2.11. The van der Waals surface area contributed by atoms with Gasteiger partial charge in [0.25, 0.3) is 10.0 Å². The molecule has 146 valence electrons. The molecule has 1 aliphatic carbocycles. The van der Waals surface area contributed by atoms with Crippen molar-refractivity contribution in [1.82, 2.24) is 8.87 Å². The lowest BCUT2D eigenvalue weighted by molar-refractivity contribution is 0.119. The number of hydrogen-bond acceptors (Lipinski definition) is 3. The predicted octanol–water partition coefficient (Wildman–Crippen LogP) is 4.17. The maximum absolute atomic E-state index is 13.4. The second-order valence-corrected chi connectivity index (χ2v) is 10.5. The number of likely N-dealkylation sites (N-methyl/N-ethyl adjacent to an activating group) is 1. The summed E-state index contributed by atoms with van der Waals surface area (Å²) < 4.78 is 28.3. The molecule has 3 aromatic rings. The van der Waals surface area contributed by atoms with E-state index in [0.717, 1.165) is 35.0 Å². The molecule has 0 bridgehead atoms. The van der Waals surface area contributed by atoms with Crippen molar-refractivity contribution in [2.75, 3.05) is 13.6 Å². The molecule has 1 aliphatic heterocycles. The first kappa shape index (κ1) is 18.0. The Morgan fingerprint density at radius 3 is 2.57 bits per heavy atom. The normalized spacial score (nSPS) is 25.0. The van der Waals surface area contributed by atoms with E-state index in [-0.39, 0.29) is 0 Å². The predicted molar refractivity (Wildman–Crippen MR) is 112 cm³/mol. The molecule has 0 N–H and O–H groups in total. The van der Waals surface area contributed by atoms with E-state index in [0.29, 0.717) is 22.8 Å². The summed E-state index contributed by atoms with van der Waals surface area (Å²) in [6.45, 7) is 5.39. The van der Waals surface area contributed by atoms with Gasteiger partial charge in [-0.3, -0.25) is 0 Å². The number of piperidine rings is 1. The zero-order valence-electron chi connectivity index (χ0n) is 16.6. The van der Waals surface area contributed by atoms with Crippen LogP contribution in [-0.2, 0) is 16.4 Å². The minimum Gasteiger partial charge on any atom is -0.302 e. The van der Waals surface area contributed by atoms with Crippen molar-refractivity contribution in [2.24, 2.45) is 5.92 Å². The standard InChI is InChI=1S/C23H26N2O2S/c1-15-7-9-18(10-8-15)28(26,27)25-14-17-12-22-20(11-16(2)13-24(22)3)19-5-4-6-21(25)23(17)19/h4-10,14,16,20,22H,11-13H2,1-3H3/t16-,20+,22-/m1/s1. The molecule has 2 aliphatic rings. The number of aromatic nitrogens is 1. The van der Waals surface area contributed by atoms with Crippen LogP contribution in [0.15, 0.2) is 53.6 Å². The van der Waals surface area contributed by atoms with Gasteiger partial charge in [-0.2, -0.15) is 0 Å². The molecule has 5 heteroatoms. The molecular formula is C23H26N2O2S. The fourth-order valence-electron chi connectivity index (χ4n) is 5.31. The Kier molecular flexibility index (Phi) is 3.97. The summed E-state index contributed by atoms with van der Waals surface area (Å²) in [5.74, 6) is 1.13. The Bertz CT molecular complexity index is 1160. The summed E-state index contributed by atoms with van der Waals surface area (Å²) >= 11 is 0. The van der Waals surface area contributed by atoms with E-state index < -0.39 is 10.0 Å². The van der Waals surface area contributed by atoms with Gasteiger partial charge >= 0.3 is 0 Å². The van der Waals surface area contributed by atoms with Gasteiger partial charge in [0, 0.05) is 30.1 Å². The monoisotopic (exact) mass is 394 g/mol. The van der Waals surface area contributed by atoms with Crippen molar-refractivity contribution in [1.29, 1.82) is 0 Å². The van der Waals surface area contributed by atoms with Crippen LogP contribution in [0.2, 0.25) is 0 Å². The van der Waals surface area contributed by atoms with Crippen molar-refractivity contribution in [3.8, 4) is 0 Å². The molecule has 4 nitrogen and oxygen atoms in total. The topological polar surface area (TPSA) is 42.3 Å². The van der Waals surface area contributed by atoms with Crippen molar-refractivity contribution in [3.63, 3.8) is 0 Å². The fourth-order valence-corrected chi connectivity index (χ4v) is 6.69. The molecule has 1 aromatic heterocycles. The molecule has 5 rings (SSSR count). The highest BCUT2D eigenvalue weighted by molar-refractivity contribution is 7.90. The van der Waals surface area contributed by atoms with Crippen LogP contribution in [-0.4, -0.2) is 36.9 Å². The zero-order chi connectivity index (χ0) is 19.6. The smallest absolute Gasteiger partial charge is 0.268 e. The average Bonchev–Trinajstić information content (AvgIpc) is 3.04. The summed E-state index contributed by atoms with van der Waals surface area (Å²) in [5.41, 5.74) is 4.34. The Morgan fingerprint density at radius 1 is 1.07 bits per heavy atom. The summed E-state index contributed by atoms with van der Waals surface area (Å²) in [6, 6.07) is 13.7. The van der Waals surface area contributed by atoms with Gasteiger partial charge in [-0.15, -0.1) is 0 Å². The second-order valence-electron chi connectivity index (χ2n) is 8.67. The molecule has 2 heterocycles. The molecule has 0 saturated carbocycles. The lowest BCUT2D eigenvalue weighted by Gasteiger charge is -2.44. The lowest BCUT2D eigenvalue weighted by atomic mass is 9.73. The number of benzene rings is 2. The number of nitrogens with zero attached hydrogens (tertiary/aromatic N) is 2. The first-order valence-electron chi connectivity index (χ1n) is 10.0. The number of likely N-dealkylation sites (tertiary alicyclic amines) is 1. The first-order valence-corrected chi connectivity index (χ1v) is 11.5. The minimum atomic E-state index is -3.61. The van der Waals surface area contributed by atoms with Crippen LogP contribution in [0.5, 0.6) is 0 Å². The lowest BCUT2D eigenvalue weighted by Crippen LogP contribution is -2.47. The van der Waals surface area contributed by atoms with Crippen molar-refractivity contribution < 1.29 is 8.42 Å². The molecule has 1 saturated heterocycles. The third-order valence-corrected chi connectivity index (χ3v) is 8.29. The number of rotatable bonds is 2. The zero-order valence-corrected chi connectivity index (χ0v) is 17.4. The van der Waals surface area contributed by atoms with Gasteiger partial charge < -0.3 is 4.90 Å². The molecule has 0 spiro atoms. The highest BCUT2D eigenvalue weighted by Gasteiger charge is 2.39. The Balaban J connectivity index is 1.70. The van der Waals surface area contributed by atoms with Gasteiger partial charge in [0.1, 0.15) is 0 Å². The van der Waals surface area contributed by atoms with Crippen LogP contribution in [0, 0.1) is 12.8 Å². The molecule has 2 aromatic carbocycles. The molecule has 0 amide bonds. The summed E-state index contributed by atoms with van der Waals surface area (Å²) in [7, 11) is -1.41. The summed E-state index contributed by atoms with van der Waals surface area (Å²) in [6.07, 6.45) is 3.95. The largest absolute Gasteiger partial charge is 0.302 e. The minimum absolute atomic E-state index is 0.342. The van der Waals surface area contributed by atoms with Gasteiger partial charge in [0.15, 0.2) is 0 Å². The first-order chi connectivity index (χ1) is 13.4. The van der Waals surface area contributed by atoms with Crippen LogP contribution >= 0.6 is 0 Å². The van der Waals surface area contributed by atoms with Gasteiger partial charge in [0.05, 0.1) is 10.4 Å². The average molecular weight is 395 g/mol. The van der Waals surface area contributed by atoms with Crippen molar-refractivity contribution in [2.45, 2.75) is 43.5 Å². The van der Waals surface area contributed by atoms with Crippen LogP contribution in [0.4, 0.5) is 0 Å². The molecule has 0 radical (unpaired) electrons. The maximum atomic E-state index is 13.4. The second kappa shape index (κ2) is 6.19. The molecule has 1 fully saturated rings. The van der Waals surface area contributed by atoms with Crippen LogP contribution in [0.25, 0.3) is 10.9 Å². The number of aryl methyl sites for hydroxylation is 1. The van der Waals surface area contributed by atoms with E-state index in [4.69, 9.17) is 0 Å².